The maximum atomic E-state index is 12.5. The zero-order chi connectivity index (χ0) is 14.8. The third-order valence-corrected chi connectivity index (χ3v) is 3.35. The fourth-order valence-electron chi connectivity index (χ4n) is 2.29. The third-order valence-electron chi connectivity index (χ3n) is 3.35. The number of fused-ring (bicyclic) bond motifs is 1. The minimum Gasteiger partial charge on any atom is -0.397 e. The minimum atomic E-state index is -0.191. The molecule has 4 nitrogen and oxygen atoms in total. The van der Waals surface area contributed by atoms with E-state index in [2.05, 4.69) is 10.3 Å². The number of hydrogen-bond acceptors (Lipinski definition) is 3. The molecule has 4 heteroatoms. The van der Waals surface area contributed by atoms with E-state index in [9.17, 15) is 4.79 Å². The number of carbonyl (C=O) groups is 1. The molecule has 0 bridgehead atoms. The van der Waals surface area contributed by atoms with Gasteiger partial charge in [0, 0.05) is 17.1 Å². The Morgan fingerprint density at radius 3 is 2.81 bits per heavy atom. The number of benzene rings is 2. The Morgan fingerprint density at radius 2 is 2.00 bits per heavy atom. The lowest BCUT2D eigenvalue weighted by molar-refractivity contribution is 0.102. The van der Waals surface area contributed by atoms with Crippen LogP contribution in [0.4, 0.5) is 11.4 Å². The topological polar surface area (TPSA) is 68.0 Å². The van der Waals surface area contributed by atoms with Crippen molar-refractivity contribution in [2.75, 3.05) is 11.1 Å². The highest BCUT2D eigenvalue weighted by Crippen LogP contribution is 2.22. The van der Waals surface area contributed by atoms with Gasteiger partial charge < -0.3 is 11.1 Å². The number of carbonyl (C=O) groups excluding carboxylic acids is 1. The SMILES string of the molecule is Cc1ccc(NC(=O)c2cccc3ncccc23)c(N)c1. The number of aryl methyl sites for hydroxylation is 1. The molecule has 3 aromatic rings. The summed E-state index contributed by atoms with van der Waals surface area (Å²) in [7, 11) is 0. The largest absolute Gasteiger partial charge is 0.397 e. The van der Waals surface area contributed by atoms with Crippen LogP contribution in [0, 0.1) is 6.92 Å². The second-order valence-electron chi connectivity index (χ2n) is 4.92. The molecule has 0 aliphatic heterocycles. The van der Waals surface area contributed by atoms with Crippen molar-refractivity contribution < 1.29 is 4.79 Å². The smallest absolute Gasteiger partial charge is 0.256 e. The molecule has 21 heavy (non-hydrogen) atoms. The summed E-state index contributed by atoms with van der Waals surface area (Å²) in [6.07, 6.45) is 1.71. The minimum absolute atomic E-state index is 0.191. The molecule has 0 fully saturated rings. The zero-order valence-corrected chi connectivity index (χ0v) is 11.6. The van der Waals surface area contributed by atoms with Crippen LogP contribution >= 0.6 is 0 Å². The van der Waals surface area contributed by atoms with E-state index in [4.69, 9.17) is 5.73 Å². The molecule has 3 N–H and O–H groups in total. The summed E-state index contributed by atoms with van der Waals surface area (Å²) in [5.74, 6) is -0.191. The molecule has 2 aromatic carbocycles. The average molecular weight is 277 g/mol. The summed E-state index contributed by atoms with van der Waals surface area (Å²) in [5.41, 5.74) is 9.54. The molecule has 104 valence electrons. The fraction of sp³-hybridized carbons (Fsp3) is 0.0588. The highest BCUT2D eigenvalue weighted by atomic mass is 16.1. The van der Waals surface area contributed by atoms with Gasteiger partial charge in [0.2, 0.25) is 0 Å². The Morgan fingerprint density at radius 1 is 1.14 bits per heavy atom. The summed E-state index contributed by atoms with van der Waals surface area (Å²) in [6.45, 7) is 1.96. The number of hydrogen-bond donors (Lipinski definition) is 2. The molecule has 1 amide bonds. The van der Waals surface area contributed by atoms with Crippen LogP contribution in [0.25, 0.3) is 10.9 Å². The van der Waals surface area contributed by atoms with E-state index in [0.29, 0.717) is 16.9 Å². The summed E-state index contributed by atoms with van der Waals surface area (Å²) in [6, 6.07) is 14.7. The molecule has 0 saturated carbocycles. The fourth-order valence-corrected chi connectivity index (χ4v) is 2.29. The standard InChI is InChI=1S/C17H15N3O/c1-11-7-8-16(14(18)10-11)20-17(21)13-4-2-6-15-12(13)5-3-9-19-15/h2-10H,18H2,1H3,(H,20,21). The molecule has 0 unspecified atom stereocenters. The van der Waals surface area contributed by atoms with Gasteiger partial charge in [-0.15, -0.1) is 0 Å². The highest BCUT2D eigenvalue weighted by Gasteiger charge is 2.11. The van der Waals surface area contributed by atoms with Crippen LogP contribution in [0.15, 0.2) is 54.7 Å². The Hall–Kier alpha value is -2.88. The lowest BCUT2D eigenvalue weighted by atomic mass is 10.1. The summed E-state index contributed by atoms with van der Waals surface area (Å²) in [5, 5.41) is 3.68. The van der Waals surface area contributed by atoms with Crippen LogP contribution in [0.1, 0.15) is 15.9 Å². The van der Waals surface area contributed by atoms with E-state index in [0.717, 1.165) is 16.5 Å². The predicted octanol–water partition coefficient (Wildman–Crippen LogP) is 3.38. The van der Waals surface area contributed by atoms with E-state index in [-0.39, 0.29) is 5.91 Å². The van der Waals surface area contributed by atoms with Crippen LogP contribution in [0.5, 0.6) is 0 Å². The van der Waals surface area contributed by atoms with Crippen molar-refractivity contribution in [3.05, 3.63) is 65.9 Å². The van der Waals surface area contributed by atoms with Gasteiger partial charge in [-0.3, -0.25) is 9.78 Å². The summed E-state index contributed by atoms with van der Waals surface area (Å²) < 4.78 is 0. The van der Waals surface area contributed by atoms with Gasteiger partial charge in [-0.1, -0.05) is 18.2 Å². The quantitative estimate of drug-likeness (QED) is 0.706. The third kappa shape index (κ3) is 2.56. The second kappa shape index (κ2) is 5.25. The molecular weight excluding hydrogens is 262 g/mol. The van der Waals surface area contributed by atoms with Crippen LogP contribution in [-0.4, -0.2) is 10.9 Å². The van der Waals surface area contributed by atoms with Crippen molar-refractivity contribution in [1.82, 2.24) is 4.98 Å². The van der Waals surface area contributed by atoms with Crippen molar-refractivity contribution in [2.24, 2.45) is 0 Å². The average Bonchev–Trinajstić information content (AvgIpc) is 2.49. The normalized spacial score (nSPS) is 10.5. The molecule has 0 saturated heterocycles. The summed E-state index contributed by atoms with van der Waals surface area (Å²) in [4.78, 5) is 16.7. The van der Waals surface area contributed by atoms with E-state index >= 15 is 0 Å². The second-order valence-corrected chi connectivity index (χ2v) is 4.92. The van der Waals surface area contributed by atoms with Gasteiger partial charge in [0.25, 0.3) is 5.91 Å². The molecule has 1 heterocycles. The monoisotopic (exact) mass is 277 g/mol. The Bertz CT molecular complexity index is 822. The van der Waals surface area contributed by atoms with E-state index in [1.54, 1.807) is 12.3 Å². The Kier molecular flexibility index (Phi) is 3.28. The van der Waals surface area contributed by atoms with Crippen LogP contribution < -0.4 is 11.1 Å². The number of amides is 1. The van der Waals surface area contributed by atoms with Gasteiger partial charge in [-0.2, -0.15) is 0 Å². The van der Waals surface area contributed by atoms with Crippen molar-refractivity contribution in [3.63, 3.8) is 0 Å². The number of aromatic nitrogens is 1. The predicted molar refractivity (Wildman–Crippen MR) is 85.3 cm³/mol. The van der Waals surface area contributed by atoms with Gasteiger partial charge in [0.15, 0.2) is 0 Å². The molecule has 0 spiro atoms. The molecule has 3 rings (SSSR count). The Labute approximate surface area is 122 Å². The van der Waals surface area contributed by atoms with Crippen molar-refractivity contribution >= 4 is 28.2 Å². The zero-order valence-electron chi connectivity index (χ0n) is 11.6. The first-order chi connectivity index (χ1) is 10.1. The number of nitrogens with two attached hydrogens (primary N) is 1. The maximum Gasteiger partial charge on any atom is 0.256 e. The molecule has 0 radical (unpaired) electrons. The number of nitrogens with zero attached hydrogens (tertiary/aromatic N) is 1. The number of rotatable bonds is 2. The van der Waals surface area contributed by atoms with Crippen molar-refractivity contribution in [2.45, 2.75) is 6.92 Å². The molecular formula is C17H15N3O. The van der Waals surface area contributed by atoms with Crippen LogP contribution in [-0.2, 0) is 0 Å². The van der Waals surface area contributed by atoms with E-state index < -0.39 is 0 Å². The van der Waals surface area contributed by atoms with Gasteiger partial charge in [0.05, 0.1) is 16.9 Å². The highest BCUT2D eigenvalue weighted by molar-refractivity contribution is 6.13. The lowest BCUT2D eigenvalue weighted by Crippen LogP contribution is -2.13. The maximum absolute atomic E-state index is 12.5. The van der Waals surface area contributed by atoms with Gasteiger partial charge in [-0.05, 0) is 42.8 Å². The van der Waals surface area contributed by atoms with Gasteiger partial charge in [-0.25, -0.2) is 0 Å². The lowest BCUT2D eigenvalue weighted by Gasteiger charge is -2.10. The number of nitrogen functional groups attached to an aromatic ring is 1. The van der Waals surface area contributed by atoms with Gasteiger partial charge in [0.1, 0.15) is 0 Å². The molecule has 0 aliphatic carbocycles. The van der Waals surface area contributed by atoms with Crippen molar-refractivity contribution in [3.8, 4) is 0 Å². The summed E-state index contributed by atoms with van der Waals surface area (Å²) >= 11 is 0. The van der Waals surface area contributed by atoms with E-state index in [1.807, 2.05) is 49.4 Å². The molecule has 0 aliphatic rings. The van der Waals surface area contributed by atoms with Gasteiger partial charge >= 0.3 is 0 Å². The van der Waals surface area contributed by atoms with Crippen molar-refractivity contribution in [1.29, 1.82) is 0 Å². The van der Waals surface area contributed by atoms with Crippen LogP contribution in [0.3, 0.4) is 0 Å². The molecule has 0 atom stereocenters. The first-order valence-electron chi connectivity index (χ1n) is 6.66. The molecule has 1 aromatic heterocycles. The number of nitrogens with one attached hydrogen (secondary N) is 1. The number of anilines is 2. The first-order valence-corrected chi connectivity index (χ1v) is 6.66. The van der Waals surface area contributed by atoms with E-state index in [1.165, 1.54) is 0 Å². The first kappa shape index (κ1) is 13.1. The Balaban J connectivity index is 1.97. The number of pyridine rings is 1. The van der Waals surface area contributed by atoms with Crippen LogP contribution in [0.2, 0.25) is 0 Å².